The van der Waals surface area contributed by atoms with Crippen LogP contribution in [0.25, 0.3) is 0 Å². The number of hydrogen-bond donors (Lipinski definition) is 1. The van der Waals surface area contributed by atoms with Gasteiger partial charge in [-0.25, -0.2) is 0 Å². The number of β-amino-alcohol motifs (C(OH)–C–C–N with tert-alkyl or cyclic N) is 1. The van der Waals surface area contributed by atoms with Crippen LogP contribution in [0.15, 0.2) is 115 Å². The van der Waals surface area contributed by atoms with Gasteiger partial charge >= 0.3 is 0 Å². The monoisotopic (exact) mass is 492 g/mol. The van der Waals surface area contributed by atoms with Crippen molar-refractivity contribution in [1.29, 1.82) is 0 Å². The van der Waals surface area contributed by atoms with Gasteiger partial charge in [0.15, 0.2) is 0 Å². The maximum atomic E-state index is 11.1. The molecule has 1 heterocycles. The number of carbonyl (C=O) groups excluding carboxylic acids is 1. The highest BCUT2D eigenvalue weighted by Crippen LogP contribution is 2.41. The van der Waals surface area contributed by atoms with E-state index in [2.05, 4.69) is 36.4 Å². The average Bonchev–Trinajstić information content (AvgIpc) is 2.95. The number of ether oxygens (including phenoxy) is 1. The first kappa shape index (κ1) is 24.8. The van der Waals surface area contributed by atoms with E-state index < -0.39 is 17.8 Å². The molecule has 0 aromatic heterocycles. The zero-order chi connectivity index (χ0) is 25.7. The molecule has 1 saturated heterocycles. The van der Waals surface area contributed by atoms with E-state index in [1.54, 1.807) is 0 Å². The number of nitrogens with zero attached hydrogens (tertiary/aromatic N) is 1. The fraction of sp³-hybridized carbons (Fsp3) is 0.219. The van der Waals surface area contributed by atoms with Crippen LogP contribution in [0.5, 0.6) is 0 Å². The summed E-state index contributed by atoms with van der Waals surface area (Å²) in [5.41, 5.74) is 4.36. The number of benzene rings is 4. The smallest absolute Gasteiger partial charge is 0.144 e. The van der Waals surface area contributed by atoms with Crippen molar-refractivity contribution in [1.82, 2.24) is 4.90 Å². The van der Waals surface area contributed by atoms with E-state index in [4.69, 9.17) is 4.74 Å². The van der Waals surface area contributed by atoms with E-state index in [1.807, 2.05) is 78.9 Å². The third-order valence-corrected chi connectivity index (χ3v) is 7.24. The number of hydrogen-bond acceptors (Lipinski definition) is 4. The Kier molecular flexibility index (Phi) is 7.35. The minimum atomic E-state index is -1.23. The van der Waals surface area contributed by atoms with Gasteiger partial charge in [0.05, 0.1) is 12.7 Å². The maximum absolute atomic E-state index is 11.1. The lowest BCUT2D eigenvalue weighted by atomic mass is 9.80. The molecule has 0 bridgehead atoms. The van der Waals surface area contributed by atoms with Crippen LogP contribution in [0, 0.1) is 0 Å². The summed E-state index contributed by atoms with van der Waals surface area (Å²) in [6.07, 6.45) is -1.43. The van der Waals surface area contributed by atoms with E-state index in [0.717, 1.165) is 27.8 Å². The van der Waals surface area contributed by atoms with Crippen LogP contribution in [0.2, 0.25) is 0 Å². The van der Waals surface area contributed by atoms with Gasteiger partial charge in [0, 0.05) is 19.0 Å². The van der Waals surface area contributed by atoms with Gasteiger partial charge in [0.1, 0.15) is 11.7 Å². The quantitative estimate of drug-likeness (QED) is 0.380. The summed E-state index contributed by atoms with van der Waals surface area (Å²) in [4.78, 5) is 12.3. The van der Waals surface area contributed by atoms with Gasteiger partial charge in [-0.15, -0.1) is 0 Å². The Hall–Kier alpha value is -3.93. The highest BCUT2D eigenvalue weighted by atomic mass is 16.5. The van der Waals surface area contributed by atoms with Crippen LogP contribution in [0.4, 0.5) is 4.79 Å². The number of carboxylic acid groups (broad SMARTS) is 1. The Morgan fingerprint density at radius 3 is 1.73 bits per heavy atom. The van der Waals surface area contributed by atoms with Gasteiger partial charge in [0.2, 0.25) is 0 Å². The highest BCUT2D eigenvalue weighted by Gasteiger charge is 2.37. The van der Waals surface area contributed by atoms with Gasteiger partial charge in [-0.05, 0) is 34.2 Å². The van der Waals surface area contributed by atoms with Gasteiger partial charge < -0.3 is 24.6 Å². The second-order valence-corrected chi connectivity index (χ2v) is 9.48. The van der Waals surface area contributed by atoms with E-state index in [-0.39, 0.29) is 12.5 Å². The first-order valence-corrected chi connectivity index (χ1v) is 12.6. The summed E-state index contributed by atoms with van der Waals surface area (Å²) < 4.78 is 6.89. The number of likely N-dealkylation sites (tertiary alicyclic amines) is 1. The molecule has 0 spiro atoms. The molecule has 0 saturated carbocycles. The largest absolute Gasteiger partial charge is 0.530 e. The second-order valence-electron chi connectivity index (χ2n) is 9.48. The first-order chi connectivity index (χ1) is 18.1. The molecule has 1 amide bonds. The molecule has 4 aromatic carbocycles. The van der Waals surface area contributed by atoms with Crippen LogP contribution in [0.3, 0.4) is 0 Å². The predicted molar refractivity (Wildman–Crippen MR) is 141 cm³/mol. The predicted octanol–water partition coefficient (Wildman–Crippen LogP) is 4.69. The Bertz CT molecular complexity index is 1200. The fourth-order valence-corrected chi connectivity index (χ4v) is 5.31. The molecule has 0 aliphatic carbocycles. The topological polar surface area (TPSA) is 72.8 Å². The van der Waals surface area contributed by atoms with E-state index >= 15 is 0 Å². The molecule has 1 aliphatic rings. The van der Waals surface area contributed by atoms with Crippen molar-refractivity contribution in [2.24, 2.45) is 0 Å². The zero-order valence-corrected chi connectivity index (χ0v) is 20.6. The second kappa shape index (κ2) is 11.0. The van der Waals surface area contributed by atoms with Gasteiger partial charge in [-0.3, -0.25) is 0 Å². The summed E-state index contributed by atoms with van der Waals surface area (Å²) >= 11 is 0. The minimum absolute atomic E-state index is 0.0750. The minimum Gasteiger partial charge on any atom is -0.530 e. The summed E-state index contributed by atoms with van der Waals surface area (Å²) in [6, 6.07) is 38.9. The molecule has 0 radical (unpaired) electrons. The van der Waals surface area contributed by atoms with Crippen molar-refractivity contribution in [2.75, 3.05) is 13.1 Å². The van der Waals surface area contributed by atoms with Crippen LogP contribution in [-0.4, -0.2) is 35.3 Å². The van der Waals surface area contributed by atoms with Crippen molar-refractivity contribution >= 4 is 6.09 Å². The fourth-order valence-electron chi connectivity index (χ4n) is 5.31. The number of piperidine rings is 1. The molecule has 2 unspecified atom stereocenters. The number of rotatable bonds is 7. The zero-order valence-electron chi connectivity index (χ0n) is 20.6. The lowest BCUT2D eigenvalue weighted by molar-refractivity contribution is -0.268. The van der Waals surface area contributed by atoms with Crippen molar-refractivity contribution in [2.45, 2.75) is 30.7 Å². The van der Waals surface area contributed by atoms with E-state index in [0.29, 0.717) is 19.6 Å². The summed E-state index contributed by atoms with van der Waals surface area (Å²) in [5.74, 6) is -0.109. The molecule has 37 heavy (non-hydrogen) atoms. The van der Waals surface area contributed by atoms with Crippen molar-refractivity contribution in [3.63, 3.8) is 0 Å². The molecule has 4 aromatic rings. The molecular formula is C32H30NO4-. The number of amides is 1. The average molecular weight is 493 g/mol. The molecule has 188 valence electrons. The summed E-state index contributed by atoms with van der Waals surface area (Å²) in [7, 11) is 0. The number of aliphatic hydroxyl groups excluding tert-OH is 1. The molecule has 5 rings (SSSR count). The molecule has 1 N–H and O–H groups in total. The number of carbonyl (C=O) groups is 1. The molecule has 5 nitrogen and oxygen atoms in total. The third-order valence-electron chi connectivity index (χ3n) is 7.24. The molecule has 1 aliphatic heterocycles. The Morgan fingerprint density at radius 1 is 0.811 bits per heavy atom. The van der Waals surface area contributed by atoms with Crippen LogP contribution >= 0.6 is 0 Å². The molecule has 2 atom stereocenters. The molecule has 1 fully saturated rings. The van der Waals surface area contributed by atoms with Gasteiger partial charge in [-0.2, -0.15) is 0 Å². The highest BCUT2D eigenvalue weighted by molar-refractivity contribution is 5.62. The summed E-state index contributed by atoms with van der Waals surface area (Å²) in [6.45, 7) is 0.818. The molecule has 5 heteroatoms. The Morgan fingerprint density at radius 2 is 1.30 bits per heavy atom. The van der Waals surface area contributed by atoms with Crippen LogP contribution < -0.4 is 5.11 Å². The van der Waals surface area contributed by atoms with Crippen molar-refractivity contribution in [3.8, 4) is 0 Å². The molecular weight excluding hydrogens is 462 g/mol. The lowest BCUT2D eigenvalue weighted by Gasteiger charge is -2.37. The van der Waals surface area contributed by atoms with Crippen LogP contribution in [-0.2, 0) is 16.9 Å². The normalized spacial score (nSPS) is 17.9. The summed E-state index contributed by atoms with van der Waals surface area (Å²) in [5, 5.41) is 21.7. The van der Waals surface area contributed by atoms with Crippen molar-refractivity contribution in [3.05, 3.63) is 143 Å². The van der Waals surface area contributed by atoms with Crippen LogP contribution in [0.1, 0.15) is 40.2 Å². The van der Waals surface area contributed by atoms with E-state index in [9.17, 15) is 15.0 Å². The van der Waals surface area contributed by atoms with E-state index in [1.165, 1.54) is 4.90 Å². The van der Waals surface area contributed by atoms with Gasteiger partial charge in [-0.1, -0.05) is 115 Å². The third kappa shape index (κ3) is 5.15. The lowest BCUT2D eigenvalue weighted by Crippen LogP contribution is -2.50. The Balaban J connectivity index is 1.43. The van der Waals surface area contributed by atoms with Crippen molar-refractivity contribution < 1.29 is 19.7 Å². The van der Waals surface area contributed by atoms with Gasteiger partial charge in [0.25, 0.3) is 0 Å². The first-order valence-electron chi connectivity index (χ1n) is 12.6. The Labute approximate surface area is 217 Å². The number of aliphatic hydroxyl groups is 1. The maximum Gasteiger partial charge on any atom is 0.144 e. The standard InChI is InChI=1S/C32H31NO4/c34-30-22-33(31(35)36)21-20-29(30)25-18-16-24(17-19-25)23-37-32(26-10-4-1-5-11-26,27-12-6-2-7-13-27)28-14-8-3-9-15-28/h1-19,29-30,34H,20-23H2,(H,35,36)/p-1. The SMILES string of the molecule is O=C([O-])N1CCC(c2ccc(COC(c3ccccc3)(c3ccccc3)c3ccccc3)cc2)C(O)C1.